The van der Waals surface area contributed by atoms with Gasteiger partial charge in [0, 0.05) is 11.8 Å². The molecule has 0 bridgehead atoms. The quantitative estimate of drug-likeness (QED) is 0.544. The predicted molar refractivity (Wildman–Crippen MR) is 111 cm³/mol. The number of nitrogens with zero attached hydrogens (tertiary/aromatic N) is 2. The van der Waals surface area contributed by atoms with Crippen molar-refractivity contribution in [3.05, 3.63) is 86.3 Å². The first-order valence-corrected chi connectivity index (χ1v) is 10.9. The highest BCUT2D eigenvalue weighted by molar-refractivity contribution is 7.95. The third-order valence-electron chi connectivity index (χ3n) is 4.71. The van der Waals surface area contributed by atoms with Crippen LogP contribution in [-0.2, 0) is 9.84 Å². The zero-order valence-corrected chi connectivity index (χ0v) is 17.8. The molecule has 0 aliphatic carbocycles. The van der Waals surface area contributed by atoms with Crippen LogP contribution < -0.4 is 5.32 Å². The van der Waals surface area contributed by atoms with Crippen LogP contribution in [0.1, 0.15) is 24.2 Å². The van der Waals surface area contributed by atoms with Crippen molar-refractivity contribution in [2.24, 2.45) is 0 Å². The Balaban J connectivity index is 1.96. The van der Waals surface area contributed by atoms with E-state index in [1.165, 1.54) is 12.1 Å². The Labute approximate surface area is 177 Å². The molecule has 2 aromatic carbocycles. The lowest BCUT2D eigenvalue weighted by molar-refractivity contribution is 0.562. The van der Waals surface area contributed by atoms with Gasteiger partial charge in [-0.15, -0.1) is 0 Å². The molecule has 29 heavy (non-hydrogen) atoms. The first-order valence-electron chi connectivity index (χ1n) is 8.68. The van der Waals surface area contributed by atoms with Crippen LogP contribution in [0.5, 0.6) is 0 Å². The molecule has 1 N–H and O–H groups in total. The summed E-state index contributed by atoms with van der Waals surface area (Å²) in [6, 6.07) is 10.8. The van der Waals surface area contributed by atoms with E-state index in [4.69, 9.17) is 23.2 Å². The van der Waals surface area contributed by atoms with Gasteiger partial charge < -0.3 is 5.32 Å². The van der Waals surface area contributed by atoms with Gasteiger partial charge in [0.05, 0.1) is 25.5 Å². The molecule has 1 aliphatic rings. The number of sulfone groups is 1. The van der Waals surface area contributed by atoms with Crippen molar-refractivity contribution in [1.82, 2.24) is 9.78 Å². The molecule has 4 rings (SSSR count). The van der Waals surface area contributed by atoms with Gasteiger partial charge in [-0.3, -0.25) is 0 Å². The molecule has 5 nitrogen and oxygen atoms in total. The molecule has 3 aromatic rings. The summed E-state index contributed by atoms with van der Waals surface area (Å²) in [5, 5.41) is 8.27. The average molecular weight is 452 g/mol. The maximum absolute atomic E-state index is 13.5. The van der Waals surface area contributed by atoms with Crippen LogP contribution in [0.25, 0.3) is 0 Å². The van der Waals surface area contributed by atoms with Crippen molar-refractivity contribution >= 4 is 38.9 Å². The molecule has 9 heteroatoms. The third-order valence-corrected chi connectivity index (χ3v) is 7.45. The number of aryl methyl sites for hydroxylation is 1. The molecule has 0 saturated heterocycles. The Kier molecular flexibility index (Phi) is 4.93. The molecule has 0 spiro atoms. The number of anilines is 1. The number of hydrogen-bond acceptors (Lipinski definition) is 4. The van der Waals surface area contributed by atoms with Crippen molar-refractivity contribution in [3.8, 4) is 0 Å². The summed E-state index contributed by atoms with van der Waals surface area (Å²) in [6.07, 6.45) is 0. The summed E-state index contributed by atoms with van der Waals surface area (Å²) in [4.78, 5) is 0.102. The third kappa shape index (κ3) is 3.43. The maximum atomic E-state index is 13.5. The van der Waals surface area contributed by atoms with Crippen LogP contribution >= 0.6 is 23.2 Å². The fourth-order valence-corrected chi connectivity index (χ4v) is 5.48. The molecule has 1 unspecified atom stereocenters. The molecule has 0 radical (unpaired) electrons. The van der Waals surface area contributed by atoms with Gasteiger partial charge >= 0.3 is 0 Å². The molecule has 2 heterocycles. The standard InChI is InChI=1S/C20H16Cl2FN3O2S/c1-11-9-18-24-12(2)20(29(27,28)15-6-4-14(23)5-7-15)19(26(18)25-11)13-3-8-16(21)17(22)10-13/h3-10,19,24H,1-2H3. The molecule has 0 fully saturated rings. The minimum absolute atomic E-state index is 0.00700. The Morgan fingerprint density at radius 1 is 1.03 bits per heavy atom. The van der Waals surface area contributed by atoms with Gasteiger partial charge in [0.2, 0.25) is 9.84 Å². The SMILES string of the molecule is CC1=C(S(=O)(=O)c2ccc(F)cc2)C(c2ccc(Cl)c(Cl)c2)n2nc(C)cc2N1. The van der Waals surface area contributed by atoms with E-state index in [1.54, 1.807) is 29.8 Å². The Morgan fingerprint density at radius 3 is 2.38 bits per heavy atom. The van der Waals surface area contributed by atoms with E-state index in [2.05, 4.69) is 10.4 Å². The molecule has 1 aliphatic heterocycles. The molecular formula is C20H16Cl2FN3O2S. The molecule has 0 saturated carbocycles. The predicted octanol–water partition coefficient (Wildman–Crippen LogP) is 5.36. The highest BCUT2D eigenvalue weighted by Crippen LogP contribution is 2.42. The van der Waals surface area contributed by atoms with Gasteiger partial charge in [-0.05, 0) is 55.8 Å². The highest BCUT2D eigenvalue weighted by Gasteiger charge is 2.37. The monoisotopic (exact) mass is 451 g/mol. The van der Waals surface area contributed by atoms with Crippen molar-refractivity contribution < 1.29 is 12.8 Å². The largest absolute Gasteiger partial charge is 0.343 e. The van der Waals surface area contributed by atoms with Crippen LogP contribution in [0.4, 0.5) is 10.2 Å². The minimum Gasteiger partial charge on any atom is -0.343 e. The van der Waals surface area contributed by atoms with E-state index in [9.17, 15) is 12.8 Å². The minimum atomic E-state index is -3.97. The van der Waals surface area contributed by atoms with E-state index in [0.29, 0.717) is 27.1 Å². The van der Waals surface area contributed by atoms with E-state index in [-0.39, 0.29) is 9.80 Å². The number of benzene rings is 2. The van der Waals surface area contributed by atoms with Crippen LogP contribution in [0, 0.1) is 12.7 Å². The second-order valence-corrected chi connectivity index (χ2v) is 9.50. The topological polar surface area (TPSA) is 64.0 Å². The molecular weight excluding hydrogens is 436 g/mol. The van der Waals surface area contributed by atoms with Crippen LogP contribution in [0.3, 0.4) is 0 Å². The van der Waals surface area contributed by atoms with E-state index in [0.717, 1.165) is 17.8 Å². The maximum Gasteiger partial charge on any atom is 0.206 e. The Bertz CT molecular complexity index is 1250. The average Bonchev–Trinajstić information content (AvgIpc) is 3.02. The Hall–Kier alpha value is -2.35. The van der Waals surface area contributed by atoms with Gasteiger partial charge in [-0.1, -0.05) is 29.3 Å². The summed E-state index contributed by atoms with van der Waals surface area (Å²) in [5.41, 5.74) is 1.80. The lowest BCUT2D eigenvalue weighted by Crippen LogP contribution is -2.28. The van der Waals surface area contributed by atoms with Gasteiger partial charge in [0.1, 0.15) is 17.7 Å². The first kappa shape index (κ1) is 19.9. The zero-order valence-electron chi connectivity index (χ0n) is 15.4. The molecule has 0 amide bonds. The summed E-state index contributed by atoms with van der Waals surface area (Å²) in [6.45, 7) is 3.51. The lowest BCUT2D eigenvalue weighted by atomic mass is 10.0. The van der Waals surface area contributed by atoms with E-state index >= 15 is 0 Å². The summed E-state index contributed by atoms with van der Waals surface area (Å²) in [5.74, 6) is 0.150. The normalized spacial score (nSPS) is 16.5. The van der Waals surface area contributed by atoms with Crippen molar-refractivity contribution in [1.29, 1.82) is 0 Å². The summed E-state index contributed by atoms with van der Waals surface area (Å²) < 4.78 is 42.0. The lowest BCUT2D eigenvalue weighted by Gasteiger charge is -2.30. The molecule has 150 valence electrons. The van der Waals surface area contributed by atoms with Gasteiger partial charge in [-0.25, -0.2) is 17.5 Å². The van der Waals surface area contributed by atoms with Crippen LogP contribution in [-0.4, -0.2) is 18.2 Å². The number of halogens is 3. The number of aromatic nitrogens is 2. The summed E-state index contributed by atoms with van der Waals surface area (Å²) >= 11 is 12.3. The number of hydrogen-bond donors (Lipinski definition) is 1. The van der Waals surface area contributed by atoms with Crippen LogP contribution in [0.15, 0.2) is 64.0 Å². The number of rotatable bonds is 3. The van der Waals surface area contributed by atoms with Crippen molar-refractivity contribution in [3.63, 3.8) is 0 Å². The first-order chi connectivity index (χ1) is 13.7. The van der Waals surface area contributed by atoms with Crippen LogP contribution in [0.2, 0.25) is 10.0 Å². The van der Waals surface area contributed by atoms with Gasteiger partial charge in [-0.2, -0.15) is 5.10 Å². The molecule has 1 atom stereocenters. The molecule has 1 aromatic heterocycles. The summed E-state index contributed by atoms with van der Waals surface area (Å²) in [7, 11) is -3.97. The van der Waals surface area contributed by atoms with Crippen molar-refractivity contribution in [2.45, 2.75) is 24.8 Å². The Morgan fingerprint density at radius 2 is 1.72 bits per heavy atom. The fourth-order valence-electron chi connectivity index (χ4n) is 3.44. The second-order valence-electron chi connectivity index (χ2n) is 6.76. The van der Waals surface area contributed by atoms with Gasteiger partial charge in [0.15, 0.2) is 0 Å². The van der Waals surface area contributed by atoms with E-state index < -0.39 is 21.7 Å². The zero-order chi connectivity index (χ0) is 20.9. The fraction of sp³-hybridized carbons (Fsp3) is 0.150. The van der Waals surface area contributed by atoms with E-state index in [1.807, 2.05) is 13.0 Å². The number of nitrogens with one attached hydrogen (secondary N) is 1. The highest BCUT2D eigenvalue weighted by atomic mass is 35.5. The number of allylic oxidation sites excluding steroid dienone is 2. The van der Waals surface area contributed by atoms with Gasteiger partial charge in [0.25, 0.3) is 0 Å². The smallest absolute Gasteiger partial charge is 0.206 e. The second kappa shape index (κ2) is 7.16. The van der Waals surface area contributed by atoms with Crippen molar-refractivity contribution in [2.75, 3.05) is 5.32 Å². The number of fused-ring (bicyclic) bond motifs is 1.